The molecule has 0 spiro atoms. The second kappa shape index (κ2) is 13.0. The van der Waals surface area contributed by atoms with Gasteiger partial charge >= 0.3 is 0 Å². The summed E-state index contributed by atoms with van der Waals surface area (Å²) in [6.45, 7) is 4.57. The minimum Gasteiger partial charge on any atom is -0.364 e. The molecule has 0 saturated heterocycles. The van der Waals surface area contributed by atoms with Gasteiger partial charge in [-0.25, -0.2) is 0 Å². The van der Waals surface area contributed by atoms with Gasteiger partial charge in [-0.3, -0.25) is 0 Å². The van der Waals surface area contributed by atoms with E-state index in [0.29, 0.717) is 12.5 Å². The Labute approximate surface area is 84.1 Å². The van der Waals surface area contributed by atoms with Gasteiger partial charge in [-0.05, 0) is 12.3 Å². The van der Waals surface area contributed by atoms with E-state index < -0.39 is 0 Å². The van der Waals surface area contributed by atoms with E-state index in [9.17, 15) is 4.91 Å². The van der Waals surface area contributed by atoms with Crippen molar-refractivity contribution in [1.82, 2.24) is 0 Å². The maximum Gasteiger partial charge on any atom is 0.155 e. The molecule has 0 rings (SSSR count). The molecular formula is C6H13Br2NO2. The lowest BCUT2D eigenvalue weighted by atomic mass is 10.1. The Morgan fingerprint density at radius 1 is 1.45 bits per heavy atom. The van der Waals surface area contributed by atoms with Crippen molar-refractivity contribution in [1.29, 1.82) is 0 Å². The van der Waals surface area contributed by atoms with E-state index >= 15 is 0 Å². The van der Waals surface area contributed by atoms with E-state index in [-0.39, 0.29) is 0 Å². The summed E-state index contributed by atoms with van der Waals surface area (Å²) in [6, 6.07) is 0. The minimum absolute atomic E-state index is 0.446. The Hall–Kier alpha value is 0.360. The molecule has 0 heterocycles. The van der Waals surface area contributed by atoms with Crippen LogP contribution in [0.1, 0.15) is 20.3 Å². The maximum atomic E-state index is 9.31. The molecule has 0 fully saturated rings. The normalized spacial score (nSPS) is 8.45. The number of hydrogen-bond acceptors (Lipinski definition) is 3. The summed E-state index contributed by atoms with van der Waals surface area (Å²) in [4.78, 5) is 13.5. The van der Waals surface area contributed by atoms with E-state index in [1.54, 1.807) is 0 Å². The topological polar surface area (TPSA) is 38.7 Å². The van der Waals surface area contributed by atoms with Crippen molar-refractivity contribution in [3.63, 3.8) is 0 Å². The van der Waals surface area contributed by atoms with E-state index in [2.05, 4.69) is 55.9 Å². The van der Waals surface area contributed by atoms with Crippen molar-refractivity contribution >= 4 is 31.9 Å². The van der Waals surface area contributed by atoms with Crippen LogP contribution >= 0.6 is 31.9 Å². The Morgan fingerprint density at radius 2 is 1.91 bits per heavy atom. The Morgan fingerprint density at radius 3 is 2.18 bits per heavy atom. The van der Waals surface area contributed by atoms with Gasteiger partial charge < -0.3 is 4.84 Å². The summed E-state index contributed by atoms with van der Waals surface area (Å²) < 4.78 is 0.875. The minimum atomic E-state index is 0.446. The van der Waals surface area contributed by atoms with Gasteiger partial charge in [0, 0.05) is 0 Å². The van der Waals surface area contributed by atoms with E-state index in [1.165, 1.54) is 0 Å². The third kappa shape index (κ3) is 25.2. The number of nitrogens with zero attached hydrogens (tertiary/aromatic N) is 1. The van der Waals surface area contributed by atoms with Crippen LogP contribution in [-0.2, 0) is 4.84 Å². The summed E-state index contributed by atoms with van der Waals surface area (Å²) in [6.07, 6.45) is 0.895. The molecule has 3 nitrogen and oxygen atoms in total. The molecule has 0 saturated carbocycles. The molecule has 0 aliphatic heterocycles. The zero-order valence-corrected chi connectivity index (χ0v) is 9.89. The molecular weight excluding hydrogens is 278 g/mol. The summed E-state index contributed by atoms with van der Waals surface area (Å²) in [5.74, 6) is 0.580. The molecule has 0 atom stereocenters. The highest BCUT2D eigenvalue weighted by atomic mass is 79.9. The quantitative estimate of drug-likeness (QED) is 0.344. The van der Waals surface area contributed by atoms with E-state index in [4.69, 9.17) is 0 Å². The first-order chi connectivity index (χ1) is 5.18. The molecule has 0 aliphatic carbocycles. The average Bonchev–Trinajstić information content (AvgIpc) is 1.89. The highest BCUT2D eigenvalue weighted by molar-refractivity contribution is 9.24. The Kier molecular flexibility index (Phi) is 16.4. The third-order valence-electron chi connectivity index (χ3n) is 0.839. The Balaban J connectivity index is 0. The second-order valence-corrected chi connectivity index (χ2v) is 4.82. The van der Waals surface area contributed by atoms with Crippen LogP contribution in [0.15, 0.2) is 5.34 Å². The summed E-state index contributed by atoms with van der Waals surface area (Å²) in [5, 5.41) is 2.26. The van der Waals surface area contributed by atoms with Crippen LogP contribution in [-0.4, -0.2) is 10.8 Å². The lowest BCUT2D eigenvalue weighted by molar-refractivity contribution is 0.128. The average molecular weight is 291 g/mol. The van der Waals surface area contributed by atoms with Gasteiger partial charge in [-0.2, -0.15) is 0 Å². The molecule has 0 bridgehead atoms. The van der Waals surface area contributed by atoms with Crippen molar-refractivity contribution in [2.45, 2.75) is 20.3 Å². The molecule has 0 unspecified atom stereocenters. The van der Waals surface area contributed by atoms with Gasteiger partial charge in [-0.1, -0.05) is 45.7 Å². The van der Waals surface area contributed by atoms with Gasteiger partial charge in [0.15, 0.2) is 5.34 Å². The van der Waals surface area contributed by atoms with Gasteiger partial charge in [0.1, 0.15) is 6.61 Å². The maximum absolute atomic E-state index is 9.31. The lowest BCUT2D eigenvalue weighted by Crippen LogP contribution is -1.93. The highest BCUT2D eigenvalue weighted by Gasteiger charge is 1.91. The van der Waals surface area contributed by atoms with Crippen LogP contribution in [0, 0.1) is 10.8 Å². The smallest absolute Gasteiger partial charge is 0.155 e. The number of rotatable bonds is 4. The van der Waals surface area contributed by atoms with Crippen LogP contribution in [0.25, 0.3) is 0 Å². The molecule has 0 aromatic rings. The zero-order valence-electron chi connectivity index (χ0n) is 6.72. The first kappa shape index (κ1) is 13.9. The van der Waals surface area contributed by atoms with Crippen molar-refractivity contribution in [3.05, 3.63) is 4.91 Å². The number of halogens is 2. The SMILES string of the molecule is BrCBr.CC(C)CCON=O. The molecule has 0 radical (unpaired) electrons. The summed E-state index contributed by atoms with van der Waals surface area (Å²) in [7, 11) is 0. The van der Waals surface area contributed by atoms with E-state index in [1.807, 2.05) is 0 Å². The van der Waals surface area contributed by atoms with Gasteiger partial charge in [-0.15, -0.1) is 4.91 Å². The highest BCUT2D eigenvalue weighted by Crippen LogP contribution is 1.98. The molecule has 5 heteroatoms. The fourth-order valence-corrected chi connectivity index (χ4v) is 0.326. The van der Waals surface area contributed by atoms with Gasteiger partial charge in [0.05, 0.1) is 4.24 Å². The van der Waals surface area contributed by atoms with Crippen LogP contribution in [0.5, 0.6) is 0 Å². The van der Waals surface area contributed by atoms with Crippen molar-refractivity contribution in [2.24, 2.45) is 11.3 Å². The molecule has 0 aliphatic rings. The first-order valence-electron chi connectivity index (χ1n) is 3.25. The largest absolute Gasteiger partial charge is 0.364 e. The van der Waals surface area contributed by atoms with E-state index in [0.717, 1.165) is 10.7 Å². The molecule has 0 aromatic carbocycles. The number of hydrogen-bond donors (Lipinski definition) is 0. The van der Waals surface area contributed by atoms with Crippen LogP contribution in [0.2, 0.25) is 0 Å². The number of alkyl halides is 2. The van der Waals surface area contributed by atoms with Crippen LogP contribution in [0.4, 0.5) is 0 Å². The molecule has 0 aromatic heterocycles. The third-order valence-corrected chi connectivity index (χ3v) is 0.839. The second-order valence-electron chi connectivity index (χ2n) is 2.19. The monoisotopic (exact) mass is 289 g/mol. The standard InChI is InChI=1S/C5H11NO2.CH2Br2/c1-5(2)3-4-8-6-7;2-1-3/h5H,3-4H2,1-2H3;1H2. The predicted octanol–water partition coefficient (Wildman–Crippen LogP) is 3.46. The van der Waals surface area contributed by atoms with Crippen LogP contribution < -0.4 is 0 Å². The fraction of sp³-hybridized carbons (Fsp3) is 1.00. The molecule has 11 heavy (non-hydrogen) atoms. The fourth-order valence-electron chi connectivity index (χ4n) is 0.326. The van der Waals surface area contributed by atoms with Crippen LogP contribution in [0.3, 0.4) is 0 Å². The van der Waals surface area contributed by atoms with Gasteiger partial charge in [0.2, 0.25) is 0 Å². The summed E-state index contributed by atoms with van der Waals surface area (Å²) in [5.41, 5.74) is 0. The molecule has 68 valence electrons. The molecule has 0 N–H and O–H groups in total. The van der Waals surface area contributed by atoms with Crippen molar-refractivity contribution in [3.8, 4) is 0 Å². The Bertz CT molecular complexity index is 81.0. The predicted molar refractivity (Wildman–Crippen MR) is 53.9 cm³/mol. The zero-order chi connectivity index (χ0) is 9.11. The molecule has 0 amide bonds. The van der Waals surface area contributed by atoms with Gasteiger partial charge in [0.25, 0.3) is 0 Å². The van der Waals surface area contributed by atoms with Crippen molar-refractivity contribution in [2.75, 3.05) is 10.8 Å². The summed E-state index contributed by atoms with van der Waals surface area (Å²) >= 11 is 6.12. The van der Waals surface area contributed by atoms with Crippen molar-refractivity contribution < 1.29 is 4.84 Å². The first-order valence-corrected chi connectivity index (χ1v) is 5.49. The lowest BCUT2D eigenvalue weighted by Gasteiger charge is -1.98.